The minimum atomic E-state index is -0.919. The average Bonchev–Trinajstić information content (AvgIpc) is 2.92. The summed E-state index contributed by atoms with van der Waals surface area (Å²) in [6.07, 6.45) is 40.8. The lowest BCUT2D eigenvalue weighted by molar-refractivity contribution is -0.146. The Morgan fingerprint density at radius 1 is 0.513 bits per heavy atom. The van der Waals surface area contributed by atoms with Gasteiger partial charge in [0.1, 0.15) is 11.7 Å². The number of Topliss-reactive ketones (excluding diaryl/α,β-unsaturated/α-hetero) is 1. The van der Waals surface area contributed by atoms with E-state index in [2.05, 4.69) is 38.2 Å². The van der Waals surface area contributed by atoms with Crippen LogP contribution in [0.4, 0.5) is 0 Å². The standard InChI is InChI=1S/C36H66O3/c1-3-5-7-9-11-13-15-17-19-21-23-25-27-29-31-33-35(37)34(36(38)39)32-30-28-26-24-22-20-18-16-14-12-10-8-6-4-2/h11,13,17,19,34H,3-10,12,14-16,18,20-33H2,1-2H3,(H,38,39)/b13-11-,19-17-. The van der Waals surface area contributed by atoms with Crippen molar-refractivity contribution in [3.05, 3.63) is 24.3 Å². The number of hydrogen-bond donors (Lipinski definition) is 1. The van der Waals surface area contributed by atoms with Gasteiger partial charge in [-0.1, -0.05) is 160 Å². The van der Waals surface area contributed by atoms with Gasteiger partial charge in [0.15, 0.2) is 0 Å². The fourth-order valence-electron chi connectivity index (χ4n) is 5.25. The van der Waals surface area contributed by atoms with Crippen LogP contribution in [-0.4, -0.2) is 16.9 Å². The van der Waals surface area contributed by atoms with E-state index >= 15 is 0 Å². The van der Waals surface area contributed by atoms with Crippen LogP contribution in [0.15, 0.2) is 24.3 Å². The van der Waals surface area contributed by atoms with Crippen LogP contribution in [-0.2, 0) is 9.59 Å². The highest BCUT2D eigenvalue weighted by atomic mass is 16.4. The second kappa shape index (κ2) is 31.2. The highest BCUT2D eigenvalue weighted by molar-refractivity contribution is 5.98. The maximum absolute atomic E-state index is 12.5. The van der Waals surface area contributed by atoms with Crippen molar-refractivity contribution in [1.82, 2.24) is 0 Å². The molecule has 0 aliphatic heterocycles. The van der Waals surface area contributed by atoms with Gasteiger partial charge in [-0.15, -0.1) is 0 Å². The van der Waals surface area contributed by atoms with Gasteiger partial charge >= 0.3 is 5.97 Å². The van der Waals surface area contributed by atoms with Gasteiger partial charge in [0.25, 0.3) is 0 Å². The Labute approximate surface area is 243 Å². The van der Waals surface area contributed by atoms with E-state index in [0.29, 0.717) is 12.8 Å². The lowest BCUT2D eigenvalue weighted by Gasteiger charge is -2.11. The molecule has 0 spiro atoms. The largest absolute Gasteiger partial charge is 0.481 e. The van der Waals surface area contributed by atoms with Crippen molar-refractivity contribution in [3.8, 4) is 0 Å². The smallest absolute Gasteiger partial charge is 0.314 e. The normalized spacial score (nSPS) is 12.6. The first-order chi connectivity index (χ1) is 19.1. The van der Waals surface area contributed by atoms with Gasteiger partial charge in [-0.2, -0.15) is 0 Å². The Morgan fingerprint density at radius 3 is 1.38 bits per heavy atom. The first kappa shape index (κ1) is 37.6. The van der Waals surface area contributed by atoms with E-state index in [0.717, 1.165) is 44.9 Å². The molecule has 1 N–H and O–H groups in total. The molecule has 0 aromatic heterocycles. The molecule has 228 valence electrons. The van der Waals surface area contributed by atoms with Crippen molar-refractivity contribution in [3.63, 3.8) is 0 Å². The van der Waals surface area contributed by atoms with E-state index in [1.165, 1.54) is 116 Å². The Kier molecular flexibility index (Phi) is 30.0. The maximum atomic E-state index is 12.5. The van der Waals surface area contributed by atoms with Crippen LogP contribution in [0.1, 0.15) is 187 Å². The van der Waals surface area contributed by atoms with E-state index < -0.39 is 11.9 Å². The van der Waals surface area contributed by atoms with Gasteiger partial charge in [-0.3, -0.25) is 9.59 Å². The number of hydrogen-bond acceptors (Lipinski definition) is 2. The molecule has 0 saturated carbocycles. The molecule has 0 amide bonds. The van der Waals surface area contributed by atoms with E-state index in [1.54, 1.807) is 0 Å². The highest BCUT2D eigenvalue weighted by Crippen LogP contribution is 2.18. The third kappa shape index (κ3) is 28.0. The van der Waals surface area contributed by atoms with E-state index in [9.17, 15) is 14.7 Å². The second-order valence-corrected chi connectivity index (χ2v) is 11.7. The third-order valence-electron chi connectivity index (χ3n) is 7.91. The first-order valence-corrected chi connectivity index (χ1v) is 17.2. The molecule has 0 fully saturated rings. The summed E-state index contributed by atoms with van der Waals surface area (Å²) in [7, 11) is 0. The molecule has 0 aliphatic carbocycles. The molecule has 0 aromatic carbocycles. The quantitative estimate of drug-likeness (QED) is 0.0534. The summed E-state index contributed by atoms with van der Waals surface area (Å²) >= 11 is 0. The van der Waals surface area contributed by atoms with Crippen LogP contribution in [0.3, 0.4) is 0 Å². The van der Waals surface area contributed by atoms with E-state index in [-0.39, 0.29) is 5.78 Å². The summed E-state index contributed by atoms with van der Waals surface area (Å²) in [6.45, 7) is 4.51. The molecular weight excluding hydrogens is 480 g/mol. The molecule has 0 aliphatic rings. The predicted octanol–water partition coefficient (Wildman–Crippen LogP) is 11.9. The van der Waals surface area contributed by atoms with Crippen molar-refractivity contribution < 1.29 is 14.7 Å². The zero-order valence-corrected chi connectivity index (χ0v) is 26.2. The van der Waals surface area contributed by atoms with Gasteiger partial charge in [0, 0.05) is 6.42 Å². The molecule has 0 radical (unpaired) electrons. The van der Waals surface area contributed by atoms with Gasteiger partial charge in [0.05, 0.1) is 0 Å². The first-order valence-electron chi connectivity index (χ1n) is 17.2. The minimum Gasteiger partial charge on any atom is -0.481 e. The number of carbonyl (C=O) groups is 2. The van der Waals surface area contributed by atoms with Gasteiger partial charge in [-0.25, -0.2) is 0 Å². The fraction of sp³-hybridized carbons (Fsp3) is 0.833. The Balaban J connectivity index is 3.62. The van der Waals surface area contributed by atoms with Crippen LogP contribution in [0.25, 0.3) is 0 Å². The van der Waals surface area contributed by atoms with Crippen molar-refractivity contribution in [1.29, 1.82) is 0 Å². The Morgan fingerprint density at radius 2 is 0.897 bits per heavy atom. The number of carbonyl (C=O) groups excluding carboxylic acids is 1. The van der Waals surface area contributed by atoms with Crippen LogP contribution < -0.4 is 0 Å². The number of allylic oxidation sites excluding steroid dienone is 4. The Bertz CT molecular complexity index is 592. The van der Waals surface area contributed by atoms with Crippen molar-refractivity contribution in [2.45, 2.75) is 187 Å². The van der Waals surface area contributed by atoms with Crippen molar-refractivity contribution in [2.75, 3.05) is 0 Å². The predicted molar refractivity (Wildman–Crippen MR) is 170 cm³/mol. The molecule has 0 aromatic rings. The monoisotopic (exact) mass is 547 g/mol. The lowest BCUT2D eigenvalue weighted by atomic mass is 9.93. The molecular formula is C36H66O3. The Hall–Kier alpha value is -1.38. The molecule has 3 nitrogen and oxygen atoms in total. The molecule has 0 bridgehead atoms. The molecule has 0 saturated heterocycles. The van der Waals surface area contributed by atoms with E-state index in [1.807, 2.05) is 0 Å². The summed E-state index contributed by atoms with van der Waals surface area (Å²) in [5.74, 6) is -1.76. The third-order valence-corrected chi connectivity index (χ3v) is 7.91. The molecule has 39 heavy (non-hydrogen) atoms. The maximum Gasteiger partial charge on any atom is 0.314 e. The summed E-state index contributed by atoms with van der Waals surface area (Å²) in [4.78, 5) is 24.1. The second-order valence-electron chi connectivity index (χ2n) is 11.7. The summed E-state index contributed by atoms with van der Waals surface area (Å²) in [5, 5.41) is 9.54. The molecule has 1 atom stereocenters. The van der Waals surface area contributed by atoms with Crippen LogP contribution >= 0.6 is 0 Å². The van der Waals surface area contributed by atoms with Gasteiger partial charge in [-0.05, 0) is 44.9 Å². The molecule has 0 heterocycles. The molecule has 3 heteroatoms. The summed E-state index contributed by atoms with van der Waals surface area (Å²) in [5.41, 5.74) is 0. The minimum absolute atomic E-state index is 0.0529. The highest BCUT2D eigenvalue weighted by Gasteiger charge is 2.24. The van der Waals surface area contributed by atoms with Crippen molar-refractivity contribution >= 4 is 11.8 Å². The van der Waals surface area contributed by atoms with E-state index in [4.69, 9.17) is 0 Å². The van der Waals surface area contributed by atoms with Crippen LogP contribution in [0, 0.1) is 5.92 Å². The van der Waals surface area contributed by atoms with Crippen LogP contribution in [0.5, 0.6) is 0 Å². The SMILES string of the molecule is CCCCC/C=C\C/C=C\CCCCCCCC(=O)C(CCCCCCCCCCCCCCCC)C(=O)O. The number of aliphatic carboxylic acids is 1. The van der Waals surface area contributed by atoms with Crippen LogP contribution in [0.2, 0.25) is 0 Å². The molecule has 1 unspecified atom stereocenters. The molecule has 0 rings (SSSR count). The zero-order valence-electron chi connectivity index (χ0n) is 26.2. The van der Waals surface area contributed by atoms with Gasteiger partial charge in [0.2, 0.25) is 0 Å². The van der Waals surface area contributed by atoms with Crippen molar-refractivity contribution in [2.24, 2.45) is 5.92 Å². The number of carboxylic acids is 1. The average molecular weight is 547 g/mol. The fourth-order valence-corrected chi connectivity index (χ4v) is 5.25. The van der Waals surface area contributed by atoms with Gasteiger partial charge < -0.3 is 5.11 Å². The summed E-state index contributed by atoms with van der Waals surface area (Å²) in [6, 6.07) is 0. The summed E-state index contributed by atoms with van der Waals surface area (Å²) < 4.78 is 0. The zero-order chi connectivity index (χ0) is 28.7. The number of rotatable bonds is 31. The topological polar surface area (TPSA) is 54.4 Å². The number of unbranched alkanes of at least 4 members (excludes halogenated alkanes) is 21. The number of carboxylic acid groups (broad SMARTS) is 1. The number of ketones is 1. The lowest BCUT2D eigenvalue weighted by Crippen LogP contribution is -2.23.